The quantitative estimate of drug-likeness (QED) is 0.137. The highest BCUT2D eigenvalue weighted by molar-refractivity contribution is 6.70. The van der Waals surface area contributed by atoms with Gasteiger partial charge in [0.2, 0.25) is 0 Å². The molecule has 0 aromatic heterocycles. The number of benzene rings is 3. The molecular formula is C45H54O5Si. The molecule has 51 heavy (non-hydrogen) atoms. The minimum atomic E-state index is -2.38. The normalized spacial score (nSPS) is 34.0. The van der Waals surface area contributed by atoms with Crippen molar-refractivity contribution in [2.75, 3.05) is 6.61 Å². The van der Waals surface area contributed by atoms with Gasteiger partial charge in [0.05, 0.1) is 12.2 Å². The molecular weight excluding hydrogens is 649 g/mol. The summed E-state index contributed by atoms with van der Waals surface area (Å²) in [7, 11) is -2.38. The van der Waals surface area contributed by atoms with Gasteiger partial charge in [0.15, 0.2) is 14.1 Å². The summed E-state index contributed by atoms with van der Waals surface area (Å²) < 4.78 is 14.6. The first-order valence-corrected chi connectivity index (χ1v) is 22.0. The fraction of sp³-hybridized carbons (Fsp3) is 0.467. The lowest BCUT2D eigenvalue weighted by Crippen LogP contribution is -2.64. The van der Waals surface area contributed by atoms with Crippen LogP contribution in [-0.4, -0.2) is 42.8 Å². The van der Waals surface area contributed by atoms with E-state index in [0.29, 0.717) is 12.0 Å². The van der Waals surface area contributed by atoms with E-state index in [0.717, 1.165) is 22.3 Å². The lowest BCUT2D eigenvalue weighted by molar-refractivity contribution is -0.181. The van der Waals surface area contributed by atoms with Crippen LogP contribution in [0.5, 0.6) is 0 Å². The molecule has 2 fully saturated rings. The van der Waals surface area contributed by atoms with Crippen LogP contribution in [0.4, 0.5) is 0 Å². The summed E-state index contributed by atoms with van der Waals surface area (Å²) in [6.07, 6.45) is 5.11. The summed E-state index contributed by atoms with van der Waals surface area (Å²) in [5.74, 6) is -1.32. The zero-order chi connectivity index (χ0) is 36.8. The van der Waals surface area contributed by atoms with Crippen molar-refractivity contribution in [3.63, 3.8) is 0 Å². The third kappa shape index (κ3) is 4.75. The van der Waals surface area contributed by atoms with Gasteiger partial charge in [-0.25, -0.2) is 0 Å². The van der Waals surface area contributed by atoms with Gasteiger partial charge in [-0.05, 0) is 84.5 Å². The molecule has 0 saturated heterocycles. The smallest absolute Gasteiger partial charge is 0.189 e. The van der Waals surface area contributed by atoms with Crippen molar-refractivity contribution in [2.45, 2.75) is 90.8 Å². The van der Waals surface area contributed by atoms with E-state index in [-0.39, 0.29) is 41.3 Å². The van der Waals surface area contributed by atoms with Crippen molar-refractivity contribution in [3.8, 4) is 0 Å². The molecule has 7 atom stereocenters. The van der Waals surface area contributed by atoms with E-state index < -0.39 is 42.4 Å². The highest BCUT2D eigenvalue weighted by atomic mass is 28.4. The lowest BCUT2D eigenvalue weighted by Gasteiger charge is -2.54. The van der Waals surface area contributed by atoms with Crippen LogP contribution in [0.2, 0.25) is 19.6 Å². The summed E-state index contributed by atoms with van der Waals surface area (Å²) in [6, 6.07) is 30.9. The Kier molecular flexibility index (Phi) is 8.31. The molecule has 268 valence electrons. The van der Waals surface area contributed by atoms with Gasteiger partial charge < -0.3 is 14.3 Å². The van der Waals surface area contributed by atoms with E-state index in [9.17, 15) is 14.7 Å². The summed E-state index contributed by atoms with van der Waals surface area (Å²) in [5, 5.41) is 13.5. The van der Waals surface area contributed by atoms with Gasteiger partial charge in [-0.3, -0.25) is 9.59 Å². The van der Waals surface area contributed by atoms with Crippen LogP contribution in [-0.2, 0) is 24.4 Å². The predicted molar refractivity (Wildman–Crippen MR) is 204 cm³/mol. The first-order valence-electron chi connectivity index (χ1n) is 18.6. The van der Waals surface area contributed by atoms with Gasteiger partial charge in [0, 0.05) is 23.7 Å². The number of ketones is 2. The van der Waals surface area contributed by atoms with E-state index >= 15 is 0 Å². The zero-order valence-corrected chi connectivity index (χ0v) is 32.7. The minimum Gasteiger partial charge on any atom is -0.404 e. The summed E-state index contributed by atoms with van der Waals surface area (Å²) in [5.41, 5.74) is -0.751. The number of hydrogen-bond donors (Lipinski definition) is 1. The molecule has 0 radical (unpaired) electrons. The van der Waals surface area contributed by atoms with Crippen molar-refractivity contribution >= 4 is 19.9 Å². The molecule has 6 heteroatoms. The highest BCUT2D eigenvalue weighted by Crippen LogP contribution is 2.88. The van der Waals surface area contributed by atoms with Crippen molar-refractivity contribution in [2.24, 2.45) is 34.0 Å². The van der Waals surface area contributed by atoms with Crippen LogP contribution in [0.1, 0.15) is 71.1 Å². The van der Waals surface area contributed by atoms with E-state index in [4.69, 9.17) is 9.16 Å². The maximum atomic E-state index is 14.7. The molecule has 3 aromatic rings. The van der Waals surface area contributed by atoms with Crippen molar-refractivity contribution in [1.29, 1.82) is 0 Å². The SMILES string of the molecule is CC(=O)C12[C@@H]3C=C(COC(c4ccccc4)(c4ccccc4)c4ccccc4)C[C@]4(O[Si](C)(C)C)C(=O)C(C)=C[C@H]4[C@@]3(O)[C@H](C)CC1(C)C2(C)C. The van der Waals surface area contributed by atoms with Crippen molar-refractivity contribution < 1.29 is 23.9 Å². The van der Waals surface area contributed by atoms with Gasteiger partial charge in [-0.2, -0.15) is 0 Å². The number of rotatable bonds is 9. The Morgan fingerprint density at radius 1 is 0.843 bits per heavy atom. The maximum absolute atomic E-state index is 14.7. The predicted octanol–water partition coefficient (Wildman–Crippen LogP) is 9.07. The fourth-order valence-electron chi connectivity index (χ4n) is 11.6. The van der Waals surface area contributed by atoms with Gasteiger partial charge in [-0.15, -0.1) is 0 Å². The minimum absolute atomic E-state index is 0.0668. The molecule has 2 saturated carbocycles. The number of fused-ring (bicyclic) bond motifs is 5. The van der Waals surface area contributed by atoms with E-state index in [2.05, 4.69) is 89.8 Å². The number of aliphatic hydroxyl groups is 1. The Bertz CT molecular complexity index is 1810. The van der Waals surface area contributed by atoms with Crippen molar-refractivity contribution in [1.82, 2.24) is 0 Å². The molecule has 1 N–H and O–H groups in total. The van der Waals surface area contributed by atoms with Gasteiger partial charge in [-0.1, -0.05) is 131 Å². The lowest BCUT2D eigenvalue weighted by atomic mass is 9.54. The van der Waals surface area contributed by atoms with Crippen LogP contribution in [0.25, 0.3) is 0 Å². The summed E-state index contributed by atoms with van der Waals surface area (Å²) in [6.45, 7) is 18.8. The second-order valence-electron chi connectivity index (χ2n) is 17.6. The molecule has 4 aliphatic carbocycles. The van der Waals surface area contributed by atoms with Gasteiger partial charge in [0.1, 0.15) is 17.0 Å². The molecule has 0 bridgehead atoms. The first kappa shape index (κ1) is 36.0. The number of hydrogen-bond acceptors (Lipinski definition) is 5. The van der Waals surface area contributed by atoms with Crippen LogP contribution < -0.4 is 0 Å². The Morgan fingerprint density at radius 2 is 1.33 bits per heavy atom. The van der Waals surface area contributed by atoms with Crippen LogP contribution in [0, 0.1) is 34.0 Å². The Labute approximate surface area is 305 Å². The molecule has 7 rings (SSSR count). The molecule has 0 heterocycles. The van der Waals surface area contributed by atoms with Crippen LogP contribution >= 0.6 is 0 Å². The van der Waals surface area contributed by atoms with Gasteiger partial charge >= 0.3 is 0 Å². The van der Waals surface area contributed by atoms with E-state index in [1.165, 1.54) is 0 Å². The molecule has 3 aromatic carbocycles. The monoisotopic (exact) mass is 702 g/mol. The molecule has 2 unspecified atom stereocenters. The second-order valence-corrected chi connectivity index (χ2v) is 22.1. The Hall–Kier alpha value is -3.42. The molecule has 4 aliphatic rings. The largest absolute Gasteiger partial charge is 0.404 e. The average molecular weight is 703 g/mol. The average Bonchev–Trinajstić information content (AvgIpc) is 3.41. The van der Waals surface area contributed by atoms with Crippen LogP contribution in [0.3, 0.4) is 0 Å². The number of carbonyl (C=O) groups excluding carboxylic acids is 2. The third-order valence-electron chi connectivity index (χ3n) is 13.8. The number of ether oxygens (including phenoxy) is 1. The molecule has 0 aliphatic heterocycles. The molecule has 0 spiro atoms. The standard InChI is InChI=1S/C45H54O5Si/c1-30-25-37-42(39(30)47,50-51(7,8)9)28-33(26-38-43(37,48)31(2)27-41(6)40(4,5)45(38,41)32(3)46)29-49-44(34-19-13-10-14-20-34,35-21-15-11-16-22-35)36-23-17-12-18-24-36/h10-26,31,37-38,48H,27-29H2,1-9H3/t31-,37-,38-,41?,42-,43+,45?/m1/s1. The Morgan fingerprint density at radius 3 is 1.78 bits per heavy atom. The highest BCUT2D eigenvalue weighted by Gasteiger charge is 2.89. The van der Waals surface area contributed by atoms with Crippen molar-refractivity contribution in [3.05, 3.63) is 131 Å². The van der Waals surface area contributed by atoms with E-state index in [1.807, 2.05) is 67.6 Å². The molecule has 0 amide bonds. The topological polar surface area (TPSA) is 72.8 Å². The Balaban J connectivity index is 1.47. The summed E-state index contributed by atoms with van der Waals surface area (Å²) in [4.78, 5) is 28.9. The van der Waals surface area contributed by atoms with E-state index in [1.54, 1.807) is 6.92 Å². The third-order valence-corrected chi connectivity index (χ3v) is 14.7. The number of Topliss-reactive ketones (excluding diaryl/α,β-unsaturated/α-hetero) is 2. The summed E-state index contributed by atoms with van der Waals surface area (Å²) >= 11 is 0. The fourth-order valence-corrected chi connectivity index (χ4v) is 13.0. The van der Waals surface area contributed by atoms with Gasteiger partial charge in [0.25, 0.3) is 0 Å². The van der Waals surface area contributed by atoms with Crippen LogP contribution in [0.15, 0.2) is 114 Å². The molecule has 5 nitrogen and oxygen atoms in total. The number of carbonyl (C=O) groups is 2. The first-order chi connectivity index (χ1) is 23.9. The second kappa shape index (κ2) is 11.8. The zero-order valence-electron chi connectivity index (χ0n) is 31.7. The maximum Gasteiger partial charge on any atom is 0.189 e.